The first kappa shape index (κ1) is 12.8. The Morgan fingerprint density at radius 2 is 1.89 bits per heavy atom. The van der Waals surface area contributed by atoms with Crippen LogP contribution in [0, 0.1) is 0 Å². The average Bonchev–Trinajstić information content (AvgIpc) is 2.32. The van der Waals surface area contributed by atoms with Crippen LogP contribution in [0.5, 0.6) is 0 Å². The van der Waals surface area contributed by atoms with Crippen molar-refractivity contribution in [2.45, 2.75) is 50.2 Å². The average molecular weight is 330 g/mol. The molecule has 98 valence electrons. The second kappa shape index (κ2) is 5.03. The first-order valence-electron chi connectivity index (χ1n) is 6.64. The van der Waals surface area contributed by atoms with Crippen LogP contribution in [-0.2, 0) is 0 Å². The van der Waals surface area contributed by atoms with Crippen LogP contribution >= 0.6 is 27.5 Å². The Morgan fingerprint density at radius 1 is 1.22 bits per heavy atom. The van der Waals surface area contributed by atoms with Crippen molar-refractivity contribution in [2.24, 2.45) is 5.73 Å². The lowest BCUT2D eigenvalue weighted by atomic mass is 9.81. The molecule has 2 saturated heterocycles. The van der Waals surface area contributed by atoms with E-state index in [-0.39, 0.29) is 0 Å². The maximum absolute atomic E-state index is 6.16. The standard InChI is InChI=1S/C14H18BrClN2/c15-13-8-12(4-5-14(13)16)18-10-2-1-3-11(18)7-9(17)6-10/h4-5,8-11H,1-3,6-7,17H2. The third-order valence-electron chi connectivity index (χ3n) is 4.21. The van der Waals surface area contributed by atoms with E-state index in [9.17, 15) is 0 Å². The van der Waals surface area contributed by atoms with Crippen molar-refractivity contribution in [3.8, 4) is 0 Å². The Balaban J connectivity index is 1.92. The number of nitrogens with zero attached hydrogens (tertiary/aromatic N) is 1. The Bertz CT molecular complexity index is 437. The highest BCUT2D eigenvalue weighted by molar-refractivity contribution is 9.10. The van der Waals surface area contributed by atoms with Gasteiger partial charge in [-0.1, -0.05) is 11.6 Å². The van der Waals surface area contributed by atoms with Crippen LogP contribution in [0.2, 0.25) is 5.02 Å². The summed E-state index contributed by atoms with van der Waals surface area (Å²) in [5.41, 5.74) is 7.45. The fourth-order valence-corrected chi connectivity index (χ4v) is 3.97. The van der Waals surface area contributed by atoms with E-state index in [2.05, 4.69) is 33.0 Å². The van der Waals surface area contributed by atoms with Crippen molar-refractivity contribution in [3.63, 3.8) is 0 Å². The molecule has 4 heteroatoms. The number of piperidine rings is 2. The molecule has 2 heterocycles. The van der Waals surface area contributed by atoms with Gasteiger partial charge in [-0.25, -0.2) is 0 Å². The summed E-state index contributed by atoms with van der Waals surface area (Å²) in [4.78, 5) is 2.58. The number of anilines is 1. The summed E-state index contributed by atoms with van der Waals surface area (Å²) in [5.74, 6) is 0. The number of halogens is 2. The molecule has 3 rings (SSSR count). The van der Waals surface area contributed by atoms with Crippen LogP contribution in [0.15, 0.2) is 22.7 Å². The van der Waals surface area contributed by atoms with Gasteiger partial charge in [-0.3, -0.25) is 0 Å². The van der Waals surface area contributed by atoms with E-state index >= 15 is 0 Å². The minimum Gasteiger partial charge on any atom is -0.365 e. The van der Waals surface area contributed by atoms with Crippen molar-refractivity contribution in [1.29, 1.82) is 0 Å². The zero-order valence-electron chi connectivity index (χ0n) is 10.3. The molecule has 2 aliphatic heterocycles. The summed E-state index contributed by atoms with van der Waals surface area (Å²) in [5, 5.41) is 0.776. The molecule has 0 amide bonds. The van der Waals surface area contributed by atoms with Crippen LogP contribution in [0.4, 0.5) is 5.69 Å². The van der Waals surface area contributed by atoms with Crippen LogP contribution in [-0.4, -0.2) is 18.1 Å². The molecule has 1 aromatic carbocycles. The fourth-order valence-electron chi connectivity index (χ4n) is 3.49. The summed E-state index contributed by atoms with van der Waals surface area (Å²) in [6.07, 6.45) is 6.12. The molecule has 0 aliphatic carbocycles. The van der Waals surface area contributed by atoms with Gasteiger partial charge in [-0.2, -0.15) is 0 Å². The largest absolute Gasteiger partial charge is 0.365 e. The van der Waals surface area contributed by atoms with E-state index in [1.165, 1.54) is 24.9 Å². The minimum absolute atomic E-state index is 0.382. The summed E-state index contributed by atoms with van der Waals surface area (Å²) >= 11 is 9.60. The number of benzene rings is 1. The Hall–Kier alpha value is -0.250. The lowest BCUT2D eigenvalue weighted by Gasteiger charge is -2.49. The van der Waals surface area contributed by atoms with Gasteiger partial charge in [0.2, 0.25) is 0 Å². The maximum atomic E-state index is 6.16. The molecule has 18 heavy (non-hydrogen) atoms. The third kappa shape index (κ3) is 2.28. The number of rotatable bonds is 1. The van der Waals surface area contributed by atoms with Crippen LogP contribution < -0.4 is 10.6 Å². The lowest BCUT2D eigenvalue weighted by molar-refractivity contribution is 0.271. The highest BCUT2D eigenvalue weighted by atomic mass is 79.9. The zero-order valence-corrected chi connectivity index (χ0v) is 12.6. The van der Waals surface area contributed by atoms with Crippen molar-refractivity contribution in [1.82, 2.24) is 0 Å². The Kier molecular flexibility index (Phi) is 3.57. The molecule has 2 nitrogen and oxygen atoms in total. The predicted octanol–water partition coefficient (Wildman–Crippen LogP) is 3.95. The number of fused-ring (bicyclic) bond motifs is 2. The predicted molar refractivity (Wildman–Crippen MR) is 80.3 cm³/mol. The van der Waals surface area contributed by atoms with Gasteiger partial charge >= 0.3 is 0 Å². The number of hydrogen-bond donors (Lipinski definition) is 1. The molecule has 2 atom stereocenters. The molecule has 2 bridgehead atoms. The van der Waals surface area contributed by atoms with E-state index in [0.717, 1.165) is 22.3 Å². The zero-order chi connectivity index (χ0) is 12.7. The normalized spacial score (nSPS) is 31.5. The summed E-state index contributed by atoms with van der Waals surface area (Å²) < 4.78 is 0.981. The molecule has 2 unspecified atom stereocenters. The van der Waals surface area contributed by atoms with E-state index in [0.29, 0.717) is 18.1 Å². The van der Waals surface area contributed by atoms with Gasteiger partial charge in [0.25, 0.3) is 0 Å². The Morgan fingerprint density at radius 3 is 2.50 bits per heavy atom. The number of nitrogens with two attached hydrogens (primary N) is 1. The maximum Gasteiger partial charge on any atom is 0.0549 e. The highest BCUT2D eigenvalue weighted by Gasteiger charge is 2.37. The molecule has 2 N–H and O–H groups in total. The third-order valence-corrected chi connectivity index (χ3v) is 5.43. The van der Waals surface area contributed by atoms with Gasteiger partial charge < -0.3 is 10.6 Å². The molecular weight excluding hydrogens is 312 g/mol. The van der Waals surface area contributed by atoms with Gasteiger partial charge in [0.15, 0.2) is 0 Å². The molecule has 0 spiro atoms. The first-order chi connectivity index (χ1) is 8.65. The molecule has 2 fully saturated rings. The van der Waals surface area contributed by atoms with E-state index in [1.807, 2.05) is 6.07 Å². The van der Waals surface area contributed by atoms with E-state index < -0.39 is 0 Å². The highest BCUT2D eigenvalue weighted by Crippen LogP contribution is 2.39. The molecule has 1 aromatic rings. The Labute approximate surface area is 122 Å². The van der Waals surface area contributed by atoms with E-state index in [1.54, 1.807) is 0 Å². The van der Waals surface area contributed by atoms with Crippen LogP contribution in [0.1, 0.15) is 32.1 Å². The quantitative estimate of drug-likeness (QED) is 0.845. The van der Waals surface area contributed by atoms with Crippen molar-refractivity contribution in [3.05, 3.63) is 27.7 Å². The van der Waals surface area contributed by atoms with Gasteiger partial charge in [-0.15, -0.1) is 0 Å². The summed E-state index contributed by atoms with van der Waals surface area (Å²) in [7, 11) is 0. The second-order valence-corrected chi connectivity index (χ2v) is 6.74. The summed E-state index contributed by atoms with van der Waals surface area (Å²) in [6.45, 7) is 0. The lowest BCUT2D eigenvalue weighted by Crippen LogP contribution is -2.55. The van der Waals surface area contributed by atoms with Gasteiger partial charge in [0.05, 0.1) is 5.02 Å². The molecular formula is C14H18BrClN2. The van der Waals surface area contributed by atoms with Gasteiger partial charge in [0, 0.05) is 28.3 Å². The van der Waals surface area contributed by atoms with Crippen molar-refractivity contribution < 1.29 is 0 Å². The summed E-state index contributed by atoms with van der Waals surface area (Å²) in [6, 6.07) is 7.86. The van der Waals surface area contributed by atoms with Crippen LogP contribution in [0.3, 0.4) is 0 Å². The second-order valence-electron chi connectivity index (χ2n) is 5.48. The smallest absolute Gasteiger partial charge is 0.0549 e. The monoisotopic (exact) mass is 328 g/mol. The molecule has 2 aliphatic rings. The topological polar surface area (TPSA) is 29.3 Å². The SMILES string of the molecule is NC1CC2CCCC(C1)N2c1ccc(Cl)c(Br)c1. The molecule has 0 aromatic heterocycles. The van der Waals surface area contributed by atoms with Crippen molar-refractivity contribution in [2.75, 3.05) is 4.90 Å². The van der Waals surface area contributed by atoms with Crippen LogP contribution in [0.25, 0.3) is 0 Å². The van der Waals surface area contributed by atoms with Gasteiger partial charge in [0.1, 0.15) is 0 Å². The van der Waals surface area contributed by atoms with Crippen molar-refractivity contribution >= 4 is 33.2 Å². The number of hydrogen-bond acceptors (Lipinski definition) is 2. The van der Waals surface area contributed by atoms with E-state index in [4.69, 9.17) is 17.3 Å². The van der Waals surface area contributed by atoms with Gasteiger partial charge in [-0.05, 0) is 66.2 Å². The molecule has 0 saturated carbocycles. The first-order valence-corrected chi connectivity index (χ1v) is 7.81. The fraction of sp³-hybridized carbons (Fsp3) is 0.571. The minimum atomic E-state index is 0.382. The molecule has 0 radical (unpaired) electrons.